The summed E-state index contributed by atoms with van der Waals surface area (Å²) in [5, 5.41) is 2.64. The van der Waals surface area contributed by atoms with Crippen LogP contribution in [-0.2, 0) is 11.3 Å². The third-order valence-corrected chi connectivity index (χ3v) is 5.93. The highest BCUT2D eigenvalue weighted by Gasteiger charge is 2.07. The molecule has 2 aromatic rings. The normalized spacial score (nSPS) is 10.3. The number of ether oxygens (including phenoxy) is 2. The van der Waals surface area contributed by atoms with Gasteiger partial charge in [0.25, 0.3) is 0 Å². The average molecular weight is 435 g/mol. The number of carbonyl (C=O) groups excluding carboxylic acids is 1. The Morgan fingerprint density at radius 1 is 1.33 bits per heavy atom. The van der Waals surface area contributed by atoms with Crippen LogP contribution in [0.5, 0.6) is 5.75 Å². The molecule has 112 valence electrons. The first-order valence-electron chi connectivity index (χ1n) is 6.01. The van der Waals surface area contributed by atoms with Gasteiger partial charge in [-0.2, -0.15) is 0 Å². The van der Waals surface area contributed by atoms with E-state index < -0.39 is 6.09 Å². The largest absolute Gasteiger partial charge is 0.488 e. The van der Waals surface area contributed by atoms with Gasteiger partial charge in [0.2, 0.25) is 0 Å². The van der Waals surface area contributed by atoms with Crippen LogP contribution in [0.2, 0.25) is 0 Å². The topological polar surface area (TPSA) is 47.6 Å². The lowest BCUT2D eigenvalue weighted by Crippen LogP contribution is -2.11. The lowest BCUT2D eigenvalue weighted by molar-refractivity contribution is 0.187. The molecule has 0 bridgehead atoms. The third-order valence-electron chi connectivity index (χ3n) is 2.70. The van der Waals surface area contributed by atoms with Crippen molar-refractivity contribution in [3.05, 3.63) is 43.0 Å². The van der Waals surface area contributed by atoms with Crippen LogP contribution in [0, 0.1) is 6.92 Å². The van der Waals surface area contributed by atoms with E-state index in [4.69, 9.17) is 4.74 Å². The maximum Gasteiger partial charge on any atom is 0.411 e. The minimum atomic E-state index is -0.486. The van der Waals surface area contributed by atoms with Crippen molar-refractivity contribution >= 4 is 55.0 Å². The Hall–Kier alpha value is -1.05. The SMILES string of the molecule is COC(=O)Nc1ccc(OCc2cc(Br)c(Br)s2)cc1C. The Labute approximate surface area is 143 Å². The molecule has 1 aromatic carbocycles. The van der Waals surface area contributed by atoms with Crippen molar-refractivity contribution < 1.29 is 14.3 Å². The maximum atomic E-state index is 11.2. The summed E-state index contributed by atoms with van der Waals surface area (Å²) in [5.74, 6) is 0.753. The Morgan fingerprint density at radius 2 is 2.10 bits per heavy atom. The molecule has 0 radical (unpaired) electrons. The molecule has 0 saturated heterocycles. The Bertz CT molecular complexity index is 638. The molecule has 0 atom stereocenters. The van der Waals surface area contributed by atoms with Gasteiger partial charge in [0.15, 0.2) is 0 Å². The molecule has 1 heterocycles. The highest BCUT2D eigenvalue weighted by atomic mass is 79.9. The van der Waals surface area contributed by atoms with Crippen molar-refractivity contribution in [1.29, 1.82) is 0 Å². The zero-order chi connectivity index (χ0) is 15.4. The van der Waals surface area contributed by atoms with Crippen molar-refractivity contribution in [2.24, 2.45) is 0 Å². The van der Waals surface area contributed by atoms with Gasteiger partial charge < -0.3 is 9.47 Å². The summed E-state index contributed by atoms with van der Waals surface area (Å²) in [7, 11) is 1.33. The highest BCUT2D eigenvalue weighted by molar-refractivity contribution is 9.13. The third kappa shape index (κ3) is 4.46. The second-order valence-corrected chi connectivity index (χ2v) is 7.53. The van der Waals surface area contributed by atoms with E-state index in [0.717, 1.165) is 24.4 Å². The van der Waals surface area contributed by atoms with E-state index in [0.29, 0.717) is 12.3 Å². The second kappa shape index (κ2) is 7.29. The van der Waals surface area contributed by atoms with Gasteiger partial charge in [0.1, 0.15) is 12.4 Å². The lowest BCUT2D eigenvalue weighted by Gasteiger charge is -2.10. The van der Waals surface area contributed by atoms with Crippen LogP contribution in [0.3, 0.4) is 0 Å². The van der Waals surface area contributed by atoms with Gasteiger partial charge in [0.05, 0.1) is 10.9 Å². The van der Waals surface area contributed by atoms with Crippen LogP contribution in [0.4, 0.5) is 10.5 Å². The molecule has 0 saturated carbocycles. The Morgan fingerprint density at radius 3 is 2.67 bits per heavy atom. The smallest absolute Gasteiger partial charge is 0.411 e. The van der Waals surface area contributed by atoms with Gasteiger partial charge in [-0.1, -0.05) is 0 Å². The van der Waals surface area contributed by atoms with Gasteiger partial charge in [-0.25, -0.2) is 4.79 Å². The molecule has 0 fully saturated rings. The van der Waals surface area contributed by atoms with Crippen LogP contribution in [-0.4, -0.2) is 13.2 Å². The molecule has 21 heavy (non-hydrogen) atoms. The van der Waals surface area contributed by atoms with Gasteiger partial charge in [-0.3, -0.25) is 5.32 Å². The number of anilines is 1. The van der Waals surface area contributed by atoms with Crippen molar-refractivity contribution in [3.8, 4) is 5.75 Å². The summed E-state index contributed by atoms with van der Waals surface area (Å²) < 4.78 is 12.4. The molecule has 0 unspecified atom stereocenters. The highest BCUT2D eigenvalue weighted by Crippen LogP contribution is 2.33. The molecule has 1 aromatic heterocycles. The minimum absolute atomic E-state index is 0.486. The van der Waals surface area contributed by atoms with Gasteiger partial charge in [-0.15, -0.1) is 11.3 Å². The van der Waals surface area contributed by atoms with Crippen molar-refractivity contribution in [1.82, 2.24) is 0 Å². The fourth-order valence-corrected chi connectivity index (χ4v) is 3.73. The summed E-state index contributed by atoms with van der Waals surface area (Å²) >= 11 is 8.53. The molecule has 7 heteroatoms. The van der Waals surface area contributed by atoms with E-state index in [9.17, 15) is 4.79 Å². The van der Waals surface area contributed by atoms with Crippen molar-refractivity contribution in [2.45, 2.75) is 13.5 Å². The quantitative estimate of drug-likeness (QED) is 0.706. The molecule has 0 spiro atoms. The van der Waals surface area contributed by atoms with Crippen LogP contribution >= 0.6 is 43.2 Å². The summed E-state index contributed by atoms with van der Waals surface area (Å²) in [4.78, 5) is 12.3. The lowest BCUT2D eigenvalue weighted by atomic mass is 10.2. The number of hydrogen-bond acceptors (Lipinski definition) is 4. The molecule has 0 aliphatic rings. The monoisotopic (exact) mass is 433 g/mol. The standard InChI is InChI=1S/C14H13Br2NO3S/c1-8-5-9(3-4-12(8)17-14(18)19-2)20-7-10-6-11(15)13(16)21-10/h3-6H,7H2,1-2H3,(H,17,18). The fraction of sp³-hybridized carbons (Fsp3) is 0.214. The van der Waals surface area contributed by atoms with Gasteiger partial charge >= 0.3 is 6.09 Å². The number of benzene rings is 1. The average Bonchev–Trinajstić information content (AvgIpc) is 2.78. The summed E-state index contributed by atoms with van der Waals surface area (Å²) in [6, 6.07) is 7.51. The van der Waals surface area contributed by atoms with E-state index in [1.165, 1.54) is 7.11 Å². The number of carbonyl (C=O) groups is 1. The summed E-state index contributed by atoms with van der Waals surface area (Å²) in [5.41, 5.74) is 1.61. The van der Waals surface area contributed by atoms with E-state index >= 15 is 0 Å². The van der Waals surface area contributed by atoms with E-state index in [1.54, 1.807) is 17.4 Å². The van der Waals surface area contributed by atoms with Gasteiger partial charge in [0, 0.05) is 15.0 Å². The first-order chi connectivity index (χ1) is 9.99. The number of thiophene rings is 1. The van der Waals surface area contributed by atoms with E-state index in [2.05, 4.69) is 41.9 Å². The van der Waals surface area contributed by atoms with Crippen LogP contribution in [0.25, 0.3) is 0 Å². The van der Waals surface area contributed by atoms with E-state index in [1.807, 2.05) is 25.1 Å². The number of rotatable bonds is 4. The van der Waals surface area contributed by atoms with Crippen LogP contribution in [0.15, 0.2) is 32.5 Å². The predicted molar refractivity (Wildman–Crippen MR) is 91.3 cm³/mol. The molecule has 0 aliphatic carbocycles. The zero-order valence-electron chi connectivity index (χ0n) is 11.4. The van der Waals surface area contributed by atoms with Crippen molar-refractivity contribution in [2.75, 3.05) is 12.4 Å². The first kappa shape index (κ1) is 16.3. The maximum absolute atomic E-state index is 11.2. The minimum Gasteiger partial charge on any atom is -0.488 e. The molecule has 1 N–H and O–H groups in total. The molecule has 1 amide bonds. The van der Waals surface area contributed by atoms with Crippen molar-refractivity contribution in [3.63, 3.8) is 0 Å². The molecular formula is C14H13Br2NO3S. The molecular weight excluding hydrogens is 422 g/mol. The molecule has 0 aliphatic heterocycles. The zero-order valence-corrected chi connectivity index (χ0v) is 15.4. The Balaban J connectivity index is 2.01. The van der Waals surface area contributed by atoms with Crippen LogP contribution in [0.1, 0.15) is 10.4 Å². The number of methoxy groups -OCH3 is 1. The summed E-state index contributed by atoms with van der Waals surface area (Å²) in [6.45, 7) is 2.40. The number of halogens is 2. The van der Waals surface area contributed by atoms with E-state index in [-0.39, 0.29) is 0 Å². The first-order valence-corrected chi connectivity index (χ1v) is 8.42. The predicted octanol–water partition coefficient (Wildman–Crippen LogP) is 5.34. The molecule has 4 nitrogen and oxygen atoms in total. The van der Waals surface area contributed by atoms with Gasteiger partial charge in [-0.05, 0) is 68.6 Å². The summed E-state index contributed by atoms with van der Waals surface area (Å²) in [6.07, 6.45) is -0.486. The second-order valence-electron chi connectivity index (χ2n) is 4.22. The number of aryl methyl sites for hydroxylation is 1. The van der Waals surface area contributed by atoms with Crippen LogP contribution < -0.4 is 10.1 Å². The number of nitrogens with one attached hydrogen (secondary N) is 1. The number of amides is 1. The fourth-order valence-electron chi connectivity index (χ4n) is 1.64. The number of hydrogen-bond donors (Lipinski definition) is 1. The Kier molecular flexibility index (Phi) is 5.66. The molecule has 2 rings (SSSR count).